The van der Waals surface area contributed by atoms with E-state index in [2.05, 4.69) is 14.7 Å². The van der Waals surface area contributed by atoms with E-state index in [1.165, 1.54) is 6.07 Å². The van der Waals surface area contributed by atoms with Gasteiger partial charge in [0.1, 0.15) is 10.8 Å². The van der Waals surface area contributed by atoms with Gasteiger partial charge in [-0.15, -0.1) is 0 Å². The van der Waals surface area contributed by atoms with Crippen molar-refractivity contribution in [3.05, 3.63) is 48.0 Å². The number of benzene rings is 1. The van der Waals surface area contributed by atoms with Crippen LogP contribution in [0.3, 0.4) is 0 Å². The van der Waals surface area contributed by atoms with Gasteiger partial charge < -0.3 is 10.7 Å². The van der Waals surface area contributed by atoms with E-state index in [0.29, 0.717) is 24.9 Å². The lowest BCUT2D eigenvalue weighted by atomic mass is 10.2. The minimum atomic E-state index is -3.63. The maximum Gasteiger partial charge on any atom is 0.241 e. The van der Waals surface area contributed by atoms with E-state index in [1.807, 2.05) is 0 Å². The average molecular weight is 324 g/mol. The van der Waals surface area contributed by atoms with Crippen LogP contribution in [0.1, 0.15) is 17.8 Å². The molecule has 1 aromatic carbocycles. The van der Waals surface area contributed by atoms with Crippen LogP contribution >= 0.6 is 12.2 Å². The van der Waals surface area contributed by atoms with Crippen molar-refractivity contribution in [2.75, 3.05) is 6.54 Å². The maximum absolute atomic E-state index is 12.3. The molecule has 21 heavy (non-hydrogen) atoms. The molecule has 0 atom stereocenters. The standard InChI is InChI=1S/C13H16N4O2S2/c14-13(20)10-4-1-2-5-11(10)21(18,19)17-7-3-6-12-15-8-9-16-12/h1-2,4-5,8-9,17H,3,6-7H2,(H2,14,20)(H,15,16). The van der Waals surface area contributed by atoms with Crippen molar-refractivity contribution >= 4 is 27.2 Å². The molecule has 0 aliphatic carbocycles. The Bertz CT molecular complexity index is 712. The van der Waals surface area contributed by atoms with Crippen LogP contribution in [0, 0.1) is 0 Å². The van der Waals surface area contributed by atoms with Gasteiger partial charge in [0.15, 0.2) is 0 Å². The molecule has 4 N–H and O–H groups in total. The number of rotatable bonds is 7. The second kappa shape index (κ2) is 6.79. The van der Waals surface area contributed by atoms with Crippen molar-refractivity contribution in [3.63, 3.8) is 0 Å². The third-order valence-electron chi connectivity index (χ3n) is 2.88. The number of hydrogen-bond acceptors (Lipinski definition) is 4. The zero-order chi connectivity index (χ0) is 15.3. The number of imidazole rings is 1. The van der Waals surface area contributed by atoms with Gasteiger partial charge in [0.25, 0.3) is 0 Å². The van der Waals surface area contributed by atoms with Gasteiger partial charge in [-0.2, -0.15) is 0 Å². The molecule has 0 saturated carbocycles. The molecule has 0 spiro atoms. The molecule has 0 amide bonds. The van der Waals surface area contributed by atoms with Gasteiger partial charge in [-0.05, 0) is 12.5 Å². The van der Waals surface area contributed by atoms with Gasteiger partial charge in [0, 0.05) is 30.9 Å². The van der Waals surface area contributed by atoms with E-state index in [9.17, 15) is 8.42 Å². The first-order valence-corrected chi connectivity index (χ1v) is 8.26. The zero-order valence-corrected chi connectivity index (χ0v) is 12.9. The molecule has 2 aromatic rings. The van der Waals surface area contributed by atoms with Crippen molar-refractivity contribution in [2.24, 2.45) is 5.73 Å². The highest BCUT2D eigenvalue weighted by atomic mass is 32.2. The second-order valence-corrected chi connectivity index (χ2v) is 6.57. The largest absolute Gasteiger partial charge is 0.389 e. The minimum Gasteiger partial charge on any atom is -0.389 e. The molecule has 1 aromatic heterocycles. The predicted molar refractivity (Wildman–Crippen MR) is 84.4 cm³/mol. The van der Waals surface area contributed by atoms with Crippen molar-refractivity contribution in [1.82, 2.24) is 14.7 Å². The Morgan fingerprint density at radius 3 is 2.81 bits per heavy atom. The molecule has 0 aliphatic rings. The molecule has 1 heterocycles. The first-order chi connectivity index (χ1) is 10.0. The molecule has 6 nitrogen and oxygen atoms in total. The van der Waals surface area contributed by atoms with Crippen LogP contribution in [0.4, 0.5) is 0 Å². The maximum atomic E-state index is 12.3. The number of aryl methyl sites for hydroxylation is 1. The number of nitrogens with one attached hydrogen (secondary N) is 2. The number of hydrogen-bond donors (Lipinski definition) is 3. The summed E-state index contributed by atoms with van der Waals surface area (Å²) in [6.07, 6.45) is 4.71. The lowest BCUT2D eigenvalue weighted by molar-refractivity contribution is 0.578. The normalized spacial score (nSPS) is 11.4. The Morgan fingerprint density at radius 1 is 1.38 bits per heavy atom. The minimum absolute atomic E-state index is 0.0616. The number of aromatic amines is 1. The van der Waals surface area contributed by atoms with Crippen LogP contribution in [-0.2, 0) is 16.4 Å². The number of thiocarbonyl (C=S) groups is 1. The fraction of sp³-hybridized carbons (Fsp3) is 0.231. The molecule has 0 bridgehead atoms. The average Bonchev–Trinajstić information content (AvgIpc) is 2.97. The van der Waals surface area contributed by atoms with E-state index in [0.717, 1.165) is 5.82 Å². The molecule has 8 heteroatoms. The van der Waals surface area contributed by atoms with Crippen LogP contribution in [0.25, 0.3) is 0 Å². The van der Waals surface area contributed by atoms with Crippen molar-refractivity contribution < 1.29 is 8.42 Å². The molecule has 0 saturated heterocycles. The summed E-state index contributed by atoms with van der Waals surface area (Å²) in [7, 11) is -3.63. The van der Waals surface area contributed by atoms with E-state index in [4.69, 9.17) is 18.0 Å². The van der Waals surface area contributed by atoms with Gasteiger partial charge in [-0.3, -0.25) is 0 Å². The highest BCUT2D eigenvalue weighted by molar-refractivity contribution is 7.89. The monoisotopic (exact) mass is 324 g/mol. The van der Waals surface area contributed by atoms with Crippen LogP contribution in [0.5, 0.6) is 0 Å². The van der Waals surface area contributed by atoms with E-state index < -0.39 is 10.0 Å². The number of aromatic nitrogens is 2. The van der Waals surface area contributed by atoms with Crippen molar-refractivity contribution in [2.45, 2.75) is 17.7 Å². The molecule has 0 unspecified atom stereocenters. The molecule has 0 aliphatic heterocycles. The number of nitrogens with zero attached hydrogens (tertiary/aromatic N) is 1. The van der Waals surface area contributed by atoms with Crippen LogP contribution in [-0.4, -0.2) is 29.9 Å². The summed E-state index contributed by atoms with van der Waals surface area (Å²) in [6.45, 7) is 0.314. The Morgan fingerprint density at radius 2 is 2.14 bits per heavy atom. The summed E-state index contributed by atoms with van der Waals surface area (Å²) in [5, 5.41) is 0. The molecule has 2 rings (SSSR count). The highest BCUT2D eigenvalue weighted by Gasteiger charge is 2.18. The fourth-order valence-electron chi connectivity index (χ4n) is 1.88. The quantitative estimate of drug-likeness (QED) is 0.520. The van der Waals surface area contributed by atoms with Crippen LogP contribution in [0.2, 0.25) is 0 Å². The first-order valence-electron chi connectivity index (χ1n) is 6.37. The Balaban J connectivity index is 2.00. The number of nitrogens with two attached hydrogens (primary N) is 1. The lowest BCUT2D eigenvalue weighted by Gasteiger charge is -2.10. The van der Waals surface area contributed by atoms with Gasteiger partial charge in [-0.1, -0.05) is 30.4 Å². The summed E-state index contributed by atoms with van der Waals surface area (Å²) in [4.78, 5) is 7.22. The fourth-order valence-corrected chi connectivity index (χ4v) is 3.42. The summed E-state index contributed by atoms with van der Waals surface area (Å²) in [6, 6.07) is 6.42. The van der Waals surface area contributed by atoms with Crippen molar-refractivity contribution in [3.8, 4) is 0 Å². The SMILES string of the molecule is NC(=S)c1ccccc1S(=O)(=O)NCCCc1ncc[nH]1. The summed E-state index contributed by atoms with van der Waals surface area (Å²) in [5.41, 5.74) is 5.91. The van der Waals surface area contributed by atoms with Gasteiger partial charge in [0.2, 0.25) is 10.0 Å². The Labute approximate surface area is 128 Å². The molecule has 112 valence electrons. The van der Waals surface area contributed by atoms with E-state index in [-0.39, 0.29) is 9.88 Å². The van der Waals surface area contributed by atoms with Crippen molar-refractivity contribution in [1.29, 1.82) is 0 Å². The smallest absolute Gasteiger partial charge is 0.241 e. The lowest BCUT2D eigenvalue weighted by Crippen LogP contribution is -2.27. The number of sulfonamides is 1. The first kappa shape index (κ1) is 15.6. The topological polar surface area (TPSA) is 101 Å². The van der Waals surface area contributed by atoms with Gasteiger partial charge >= 0.3 is 0 Å². The summed E-state index contributed by atoms with van der Waals surface area (Å²) in [5.74, 6) is 0.831. The molecular formula is C13H16N4O2S2. The Kier molecular flexibility index (Phi) is 5.05. The van der Waals surface area contributed by atoms with Crippen LogP contribution in [0.15, 0.2) is 41.6 Å². The highest BCUT2D eigenvalue weighted by Crippen LogP contribution is 2.15. The zero-order valence-electron chi connectivity index (χ0n) is 11.2. The van der Waals surface area contributed by atoms with E-state index in [1.54, 1.807) is 30.6 Å². The van der Waals surface area contributed by atoms with Gasteiger partial charge in [0.05, 0.1) is 4.90 Å². The molecule has 0 radical (unpaired) electrons. The molecule has 0 fully saturated rings. The van der Waals surface area contributed by atoms with Crippen LogP contribution < -0.4 is 10.5 Å². The second-order valence-electron chi connectivity index (χ2n) is 4.40. The summed E-state index contributed by atoms with van der Waals surface area (Å²) >= 11 is 4.88. The molecular weight excluding hydrogens is 308 g/mol. The summed E-state index contributed by atoms with van der Waals surface area (Å²) < 4.78 is 27.1. The van der Waals surface area contributed by atoms with Gasteiger partial charge in [-0.25, -0.2) is 18.1 Å². The Hall–Kier alpha value is -1.77. The number of H-pyrrole nitrogens is 1. The van der Waals surface area contributed by atoms with E-state index >= 15 is 0 Å². The predicted octanol–water partition coefficient (Wildman–Crippen LogP) is 0.955. The third-order valence-corrected chi connectivity index (χ3v) is 4.62. The third kappa shape index (κ3) is 4.10.